The van der Waals surface area contributed by atoms with Crippen LogP contribution in [0.5, 0.6) is 5.75 Å². The first-order chi connectivity index (χ1) is 9.54. The van der Waals surface area contributed by atoms with Gasteiger partial charge in [-0.2, -0.15) is 0 Å². The maximum atomic E-state index is 11.9. The topological polar surface area (TPSA) is 38.3 Å². The number of carbonyl (C=O) groups is 1. The van der Waals surface area contributed by atoms with E-state index in [0.717, 1.165) is 23.2 Å². The Balaban J connectivity index is 1.77. The average Bonchev–Trinajstić information content (AvgIpc) is 2.40. The molecule has 0 atom stereocenters. The predicted octanol–water partition coefficient (Wildman–Crippen LogP) is 4.18. The molecular formula is C15H19BrClNO2. The Hall–Kier alpha value is -0.740. The Kier molecular flexibility index (Phi) is 5.73. The number of rotatable bonds is 4. The molecule has 0 saturated heterocycles. The van der Waals surface area contributed by atoms with Crippen molar-refractivity contribution in [3.63, 3.8) is 0 Å². The molecule has 0 bridgehead atoms. The summed E-state index contributed by atoms with van der Waals surface area (Å²) < 4.78 is 6.25. The third kappa shape index (κ3) is 4.67. The highest BCUT2D eigenvalue weighted by Crippen LogP contribution is 2.28. The van der Waals surface area contributed by atoms with Crippen LogP contribution in [0.4, 0.5) is 0 Å². The van der Waals surface area contributed by atoms with Crippen molar-refractivity contribution in [2.45, 2.75) is 38.6 Å². The lowest BCUT2D eigenvalue weighted by Crippen LogP contribution is -2.39. The molecule has 0 unspecified atom stereocenters. The second-order valence-electron chi connectivity index (χ2n) is 5.39. The SMILES string of the molecule is CC1CCC(NC(=O)COc2ccc(Cl)cc2Br)CC1. The maximum absolute atomic E-state index is 11.9. The molecule has 1 fully saturated rings. The van der Waals surface area contributed by atoms with Gasteiger partial charge in [-0.15, -0.1) is 0 Å². The maximum Gasteiger partial charge on any atom is 0.258 e. The van der Waals surface area contributed by atoms with Crippen molar-refractivity contribution in [1.29, 1.82) is 0 Å². The lowest BCUT2D eigenvalue weighted by atomic mass is 9.87. The predicted molar refractivity (Wildman–Crippen MR) is 84.2 cm³/mol. The Morgan fingerprint density at radius 1 is 1.40 bits per heavy atom. The number of hydrogen-bond acceptors (Lipinski definition) is 2. The molecule has 0 aliphatic heterocycles. The van der Waals surface area contributed by atoms with Crippen molar-refractivity contribution in [1.82, 2.24) is 5.32 Å². The van der Waals surface area contributed by atoms with E-state index in [1.54, 1.807) is 18.2 Å². The van der Waals surface area contributed by atoms with Gasteiger partial charge >= 0.3 is 0 Å². The molecule has 0 heterocycles. The molecule has 1 aliphatic carbocycles. The van der Waals surface area contributed by atoms with E-state index < -0.39 is 0 Å². The van der Waals surface area contributed by atoms with Gasteiger partial charge in [-0.1, -0.05) is 18.5 Å². The molecule has 1 saturated carbocycles. The summed E-state index contributed by atoms with van der Waals surface area (Å²) in [6.45, 7) is 2.30. The zero-order chi connectivity index (χ0) is 14.5. The highest BCUT2D eigenvalue weighted by atomic mass is 79.9. The Labute approximate surface area is 133 Å². The number of hydrogen-bond donors (Lipinski definition) is 1. The van der Waals surface area contributed by atoms with Crippen molar-refractivity contribution in [2.75, 3.05) is 6.61 Å². The minimum atomic E-state index is -0.0635. The van der Waals surface area contributed by atoms with Crippen LogP contribution in [0.15, 0.2) is 22.7 Å². The number of ether oxygens (including phenoxy) is 1. The Morgan fingerprint density at radius 2 is 2.10 bits per heavy atom. The van der Waals surface area contributed by atoms with Crippen molar-refractivity contribution in [3.8, 4) is 5.75 Å². The molecule has 0 radical (unpaired) electrons. The van der Waals surface area contributed by atoms with E-state index in [1.165, 1.54) is 12.8 Å². The molecule has 0 spiro atoms. The van der Waals surface area contributed by atoms with Gasteiger partial charge in [0.1, 0.15) is 5.75 Å². The van der Waals surface area contributed by atoms with Gasteiger partial charge in [-0.3, -0.25) is 4.79 Å². The number of halogens is 2. The van der Waals surface area contributed by atoms with Crippen molar-refractivity contribution in [2.24, 2.45) is 5.92 Å². The number of amides is 1. The van der Waals surface area contributed by atoms with Gasteiger partial charge in [0.2, 0.25) is 0 Å². The Bertz CT molecular complexity index is 473. The molecule has 1 amide bonds. The fourth-order valence-corrected chi connectivity index (χ4v) is 3.21. The van der Waals surface area contributed by atoms with Crippen LogP contribution >= 0.6 is 27.5 Å². The third-order valence-electron chi connectivity index (χ3n) is 3.63. The smallest absolute Gasteiger partial charge is 0.258 e. The van der Waals surface area contributed by atoms with E-state index in [0.29, 0.717) is 16.8 Å². The molecule has 5 heteroatoms. The van der Waals surface area contributed by atoms with E-state index >= 15 is 0 Å². The van der Waals surface area contributed by atoms with Gasteiger partial charge in [0.05, 0.1) is 4.47 Å². The molecule has 110 valence electrons. The first kappa shape index (κ1) is 15.6. The molecule has 1 N–H and O–H groups in total. The summed E-state index contributed by atoms with van der Waals surface area (Å²) in [6, 6.07) is 5.54. The van der Waals surface area contributed by atoms with E-state index in [4.69, 9.17) is 16.3 Å². The molecular weight excluding hydrogens is 342 g/mol. The van der Waals surface area contributed by atoms with Crippen LogP contribution in [0.3, 0.4) is 0 Å². The monoisotopic (exact) mass is 359 g/mol. The minimum Gasteiger partial charge on any atom is -0.483 e. The lowest BCUT2D eigenvalue weighted by molar-refractivity contribution is -0.124. The summed E-state index contributed by atoms with van der Waals surface area (Å²) in [6.07, 6.45) is 4.51. The van der Waals surface area contributed by atoms with E-state index in [-0.39, 0.29) is 12.5 Å². The zero-order valence-corrected chi connectivity index (χ0v) is 13.8. The standard InChI is InChI=1S/C15H19BrClNO2/c1-10-2-5-12(6-3-10)18-15(19)9-20-14-7-4-11(17)8-13(14)16/h4,7-8,10,12H,2-3,5-6,9H2,1H3,(H,18,19). The molecule has 2 rings (SSSR count). The van der Waals surface area contributed by atoms with Crippen LogP contribution in [-0.4, -0.2) is 18.6 Å². The van der Waals surface area contributed by atoms with Crippen LogP contribution < -0.4 is 10.1 Å². The summed E-state index contributed by atoms with van der Waals surface area (Å²) in [5, 5.41) is 3.66. The van der Waals surface area contributed by atoms with Crippen molar-refractivity contribution >= 4 is 33.4 Å². The normalized spacial score (nSPS) is 22.4. The van der Waals surface area contributed by atoms with Crippen LogP contribution in [0.2, 0.25) is 5.02 Å². The van der Waals surface area contributed by atoms with Crippen molar-refractivity contribution in [3.05, 3.63) is 27.7 Å². The van der Waals surface area contributed by atoms with E-state index in [2.05, 4.69) is 28.2 Å². The molecule has 20 heavy (non-hydrogen) atoms. The lowest BCUT2D eigenvalue weighted by Gasteiger charge is -2.26. The summed E-state index contributed by atoms with van der Waals surface area (Å²) in [5.74, 6) is 1.35. The summed E-state index contributed by atoms with van der Waals surface area (Å²) in [7, 11) is 0. The quantitative estimate of drug-likeness (QED) is 0.875. The first-order valence-electron chi connectivity index (χ1n) is 6.92. The van der Waals surface area contributed by atoms with Crippen LogP contribution in [0.1, 0.15) is 32.6 Å². The molecule has 1 aromatic rings. The highest BCUT2D eigenvalue weighted by Gasteiger charge is 2.19. The molecule has 0 aromatic heterocycles. The fraction of sp³-hybridized carbons (Fsp3) is 0.533. The molecule has 3 nitrogen and oxygen atoms in total. The average molecular weight is 361 g/mol. The summed E-state index contributed by atoms with van der Waals surface area (Å²) >= 11 is 9.22. The number of nitrogens with one attached hydrogen (secondary N) is 1. The van der Waals surface area contributed by atoms with Crippen LogP contribution in [0.25, 0.3) is 0 Å². The van der Waals surface area contributed by atoms with Gasteiger partial charge in [0.15, 0.2) is 6.61 Å². The fourth-order valence-electron chi connectivity index (χ4n) is 2.41. The minimum absolute atomic E-state index is 0.0340. The van der Waals surface area contributed by atoms with E-state index in [9.17, 15) is 4.79 Å². The third-order valence-corrected chi connectivity index (χ3v) is 4.49. The van der Waals surface area contributed by atoms with E-state index in [1.807, 2.05) is 0 Å². The largest absolute Gasteiger partial charge is 0.483 e. The molecule has 1 aliphatic rings. The first-order valence-corrected chi connectivity index (χ1v) is 8.09. The van der Waals surface area contributed by atoms with Gasteiger partial charge in [0.25, 0.3) is 5.91 Å². The van der Waals surface area contributed by atoms with Gasteiger partial charge in [-0.05, 0) is 65.7 Å². The summed E-state index contributed by atoms with van der Waals surface area (Å²) in [4.78, 5) is 11.9. The van der Waals surface area contributed by atoms with Gasteiger partial charge in [0, 0.05) is 11.1 Å². The number of benzene rings is 1. The highest BCUT2D eigenvalue weighted by molar-refractivity contribution is 9.10. The number of carbonyl (C=O) groups excluding carboxylic acids is 1. The summed E-state index contributed by atoms with van der Waals surface area (Å²) in [5.41, 5.74) is 0. The molecule has 1 aromatic carbocycles. The van der Waals surface area contributed by atoms with Gasteiger partial charge < -0.3 is 10.1 Å². The Morgan fingerprint density at radius 3 is 2.75 bits per heavy atom. The van der Waals surface area contributed by atoms with Crippen molar-refractivity contribution < 1.29 is 9.53 Å². The zero-order valence-electron chi connectivity index (χ0n) is 11.5. The second kappa shape index (κ2) is 7.32. The van der Waals surface area contributed by atoms with Gasteiger partial charge in [-0.25, -0.2) is 0 Å². The van der Waals surface area contributed by atoms with Crippen LogP contribution in [0, 0.1) is 5.92 Å². The second-order valence-corrected chi connectivity index (χ2v) is 6.68. The van der Waals surface area contributed by atoms with Crippen LogP contribution in [-0.2, 0) is 4.79 Å².